The summed E-state index contributed by atoms with van der Waals surface area (Å²) in [5, 5.41) is 9.18. The number of benzene rings is 1. The molecule has 9 nitrogen and oxygen atoms in total. The summed E-state index contributed by atoms with van der Waals surface area (Å²) in [7, 11) is 1.91. The molecule has 0 radical (unpaired) electrons. The van der Waals surface area contributed by atoms with Gasteiger partial charge in [-0.1, -0.05) is 0 Å². The Balaban J connectivity index is 1.94. The summed E-state index contributed by atoms with van der Waals surface area (Å²) in [6.45, 7) is 4.22. The molecule has 134 valence electrons. The number of aromatic nitrogens is 4. The van der Waals surface area contributed by atoms with Crippen LogP contribution in [0, 0.1) is 13.8 Å². The first-order valence-electron chi connectivity index (χ1n) is 7.86. The van der Waals surface area contributed by atoms with E-state index in [4.69, 9.17) is 11.5 Å². The summed E-state index contributed by atoms with van der Waals surface area (Å²) in [4.78, 5) is 29.8. The van der Waals surface area contributed by atoms with Crippen molar-refractivity contribution in [1.82, 2.24) is 19.9 Å². The van der Waals surface area contributed by atoms with Crippen LogP contribution in [0.4, 0.5) is 17.5 Å². The lowest BCUT2D eigenvalue weighted by atomic mass is 10.0. The fourth-order valence-electron chi connectivity index (χ4n) is 3.06. The molecule has 0 bridgehead atoms. The Morgan fingerprint density at radius 1 is 1.15 bits per heavy atom. The van der Waals surface area contributed by atoms with Gasteiger partial charge in [-0.3, -0.25) is 0 Å². The van der Waals surface area contributed by atoms with E-state index in [1.54, 1.807) is 18.3 Å². The van der Waals surface area contributed by atoms with Crippen molar-refractivity contribution in [2.24, 2.45) is 0 Å². The van der Waals surface area contributed by atoms with Crippen LogP contribution >= 0.6 is 0 Å². The van der Waals surface area contributed by atoms with Gasteiger partial charge in [0.15, 0.2) is 17.0 Å². The van der Waals surface area contributed by atoms with Gasteiger partial charge in [-0.15, -0.1) is 0 Å². The Bertz CT molecular complexity index is 996. The van der Waals surface area contributed by atoms with Gasteiger partial charge < -0.3 is 21.5 Å². The van der Waals surface area contributed by atoms with Crippen molar-refractivity contribution in [3.05, 3.63) is 40.7 Å². The van der Waals surface area contributed by atoms with Gasteiger partial charge in [-0.05, 0) is 37.1 Å². The molecule has 0 saturated carbocycles. The van der Waals surface area contributed by atoms with E-state index in [9.17, 15) is 9.90 Å². The van der Waals surface area contributed by atoms with Crippen molar-refractivity contribution in [1.29, 1.82) is 0 Å². The third kappa shape index (κ3) is 3.18. The molecular formula is C17H19N7O2. The van der Waals surface area contributed by atoms with Crippen molar-refractivity contribution in [2.45, 2.75) is 20.4 Å². The van der Waals surface area contributed by atoms with Gasteiger partial charge in [0, 0.05) is 12.7 Å². The molecule has 0 saturated heterocycles. The summed E-state index contributed by atoms with van der Waals surface area (Å²) >= 11 is 0. The van der Waals surface area contributed by atoms with E-state index in [2.05, 4.69) is 19.9 Å². The third-order valence-electron chi connectivity index (χ3n) is 4.02. The van der Waals surface area contributed by atoms with Crippen molar-refractivity contribution in [2.75, 3.05) is 23.4 Å². The zero-order chi connectivity index (χ0) is 19.0. The van der Waals surface area contributed by atoms with Crippen LogP contribution in [0.25, 0.3) is 11.2 Å². The van der Waals surface area contributed by atoms with Gasteiger partial charge in [0.1, 0.15) is 0 Å². The average Bonchev–Trinajstić information content (AvgIpc) is 2.54. The average molecular weight is 353 g/mol. The van der Waals surface area contributed by atoms with E-state index >= 15 is 0 Å². The van der Waals surface area contributed by atoms with E-state index in [0.717, 1.165) is 16.8 Å². The molecule has 0 aliphatic carbocycles. The van der Waals surface area contributed by atoms with Crippen LogP contribution in [-0.2, 0) is 6.54 Å². The van der Waals surface area contributed by atoms with E-state index in [0.29, 0.717) is 23.4 Å². The normalized spacial score (nSPS) is 10.9. The molecule has 1 aromatic carbocycles. The first kappa shape index (κ1) is 17.3. The minimum atomic E-state index is -0.944. The van der Waals surface area contributed by atoms with Gasteiger partial charge >= 0.3 is 5.97 Å². The maximum Gasteiger partial charge on any atom is 0.335 e. The Morgan fingerprint density at radius 2 is 1.81 bits per heavy atom. The lowest BCUT2D eigenvalue weighted by Gasteiger charge is -2.23. The summed E-state index contributed by atoms with van der Waals surface area (Å²) in [5.74, 6) is -0.706. The van der Waals surface area contributed by atoms with Gasteiger partial charge in [0.25, 0.3) is 0 Å². The molecule has 0 amide bonds. The van der Waals surface area contributed by atoms with Crippen molar-refractivity contribution >= 4 is 34.6 Å². The quantitative estimate of drug-likeness (QED) is 0.636. The fraction of sp³-hybridized carbons (Fsp3) is 0.235. The number of anilines is 3. The van der Waals surface area contributed by atoms with Gasteiger partial charge in [-0.2, -0.15) is 9.97 Å². The highest BCUT2D eigenvalue weighted by Gasteiger charge is 2.15. The van der Waals surface area contributed by atoms with Crippen LogP contribution in [-0.4, -0.2) is 38.1 Å². The Hall–Kier alpha value is -3.49. The van der Waals surface area contributed by atoms with Crippen molar-refractivity contribution in [3.8, 4) is 0 Å². The molecule has 5 N–H and O–H groups in total. The highest BCUT2D eigenvalue weighted by Crippen LogP contribution is 2.27. The highest BCUT2D eigenvalue weighted by atomic mass is 16.4. The monoisotopic (exact) mass is 353 g/mol. The minimum Gasteiger partial charge on any atom is -0.478 e. The molecule has 3 aromatic rings. The number of nitrogen functional groups attached to an aromatic ring is 2. The molecule has 9 heteroatoms. The second kappa shape index (κ2) is 6.43. The van der Waals surface area contributed by atoms with Crippen molar-refractivity contribution < 1.29 is 9.90 Å². The number of carbonyl (C=O) groups is 1. The summed E-state index contributed by atoms with van der Waals surface area (Å²) in [5.41, 5.74) is 15.8. The molecule has 2 aromatic heterocycles. The number of carboxylic acid groups (broad SMARTS) is 1. The number of nitrogens with zero attached hydrogens (tertiary/aromatic N) is 5. The first-order valence-corrected chi connectivity index (χ1v) is 7.86. The van der Waals surface area contributed by atoms with Crippen LogP contribution in [0.3, 0.4) is 0 Å². The predicted molar refractivity (Wildman–Crippen MR) is 98.9 cm³/mol. The minimum absolute atomic E-state index is 0.0546. The number of nitrogens with two attached hydrogens (primary N) is 2. The number of rotatable bonds is 4. The van der Waals surface area contributed by atoms with E-state index in [-0.39, 0.29) is 17.3 Å². The zero-order valence-corrected chi connectivity index (χ0v) is 14.7. The summed E-state index contributed by atoms with van der Waals surface area (Å²) in [6, 6.07) is 3.31. The fourth-order valence-corrected chi connectivity index (χ4v) is 3.06. The number of hydrogen-bond acceptors (Lipinski definition) is 8. The van der Waals surface area contributed by atoms with Crippen LogP contribution in [0.5, 0.6) is 0 Å². The molecule has 0 aliphatic heterocycles. The second-order valence-electron chi connectivity index (χ2n) is 6.12. The SMILES string of the molecule is Cc1cc(C(=O)O)cc(C)c1N(C)Cc1cnc2nc(N)nc(N)c2n1. The molecule has 2 heterocycles. The topological polar surface area (TPSA) is 144 Å². The largest absolute Gasteiger partial charge is 0.478 e. The molecule has 0 unspecified atom stereocenters. The van der Waals surface area contributed by atoms with Crippen LogP contribution in [0.15, 0.2) is 18.3 Å². The Kier molecular flexibility index (Phi) is 4.29. The highest BCUT2D eigenvalue weighted by molar-refractivity contribution is 5.89. The maximum absolute atomic E-state index is 11.2. The second-order valence-corrected chi connectivity index (χ2v) is 6.12. The number of carboxylic acids is 1. The molecule has 0 fully saturated rings. The number of fused-ring (bicyclic) bond motifs is 1. The molecule has 26 heavy (non-hydrogen) atoms. The molecule has 0 aliphatic rings. The molecule has 0 atom stereocenters. The number of hydrogen-bond donors (Lipinski definition) is 3. The first-order chi connectivity index (χ1) is 12.3. The van der Waals surface area contributed by atoms with Crippen molar-refractivity contribution in [3.63, 3.8) is 0 Å². The lowest BCUT2D eigenvalue weighted by Crippen LogP contribution is -2.20. The Morgan fingerprint density at radius 3 is 2.42 bits per heavy atom. The Labute approximate surface area is 149 Å². The van der Waals surface area contributed by atoms with E-state index < -0.39 is 5.97 Å². The predicted octanol–water partition coefficient (Wildman–Crippen LogP) is 1.54. The van der Waals surface area contributed by atoms with Crippen LogP contribution in [0.1, 0.15) is 27.2 Å². The molecular weight excluding hydrogens is 334 g/mol. The van der Waals surface area contributed by atoms with Gasteiger partial charge in [0.05, 0.1) is 24.0 Å². The molecule has 3 rings (SSSR count). The summed E-state index contributed by atoms with van der Waals surface area (Å²) < 4.78 is 0. The standard InChI is InChI=1S/C17H19N7O2/c1-8-4-10(16(25)26)5-9(2)13(8)24(3)7-11-6-20-15-12(21-11)14(18)22-17(19)23-15/h4-6H,7H2,1-3H3,(H,25,26)(H4,18,19,20,22,23). The number of aromatic carboxylic acids is 1. The molecule has 0 spiro atoms. The third-order valence-corrected chi connectivity index (χ3v) is 4.02. The van der Waals surface area contributed by atoms with Crippen LogP contribution < -0.4 is 16.4 Å². The maximum atomic E-state index is 11.2. The smallest absolute Gasteiger partial charge is 0.335 e. The van der Waals surface area contributed by atoms with E-state index in [1.165, 1.54) is 0 Å². The van der Waals surface area contributed by atoms with Gasteiger partial charge in [0.2, 0.25) is 5.95 Å². The summed E-state index contributed by atoms with van der Waals surface area (Å²) in [6.07, 6.45) is 1.61. The van der Waals surface area contributed by atoms with E-state index in [1.807, 2.05) is 25.8 Å². The zero-order valence-electron chi connectivity index (χ0n) is 14.7. The van der Waals surface area contributed by atoms with Gasteiger partial charge in [-0.25, -0.2) is 14.8 Å². The lowest BCUT2D eigenvalue weighted by molar-refractivity contribution is 0.0696. The van der Waals surface area contributed by atoms with Crippen LogP contribution in [0.2, 0.25) is 0 Å². The number of aryl methyl sites for hydroxylation is 2.